The van der Waals surface area contributed by atoms with Gasteiger partial charge in [-0.05, 0) is 0 Å². The fourth-order valence-corrected chi connectivity index (χ4v) is 1.17. The molecule has 0 rings (SSSR count). The van der Waals surface area contributed by atoms with Crippen LogP contribution in [0, 0.1) is 0 Å². The molecule has 0 aromatic carbocycles. The molecule has 28 heavy (non-hydrogen) atoms. The first-order chi connectivity index (χ1) is 12.8. The lowest BCUT2D eigenvalue weighted by molar-refractivity contribution is -0.168. The first kappa shape index (κ1) is 24.0. The first-order valence-electron chi connectivity index (χ1n) is 6.36. The summed E-state index contributed by atoms with van der Waals surface area (Å²) in [6.45, 7) is 0. The molecular weight excluding hydrogens is 404 g/mol. The number of hydrogen-bond acceptors (Lipinski definition) is 13. The Kier molecular flexibility index (Phi) is 8.77. The van der Waals surface area contributed by atoms with E-state index in [4.69, 9.17) is 30.6 Å². The normalized spacial score (nSPS) is 14.4. The number of carbonyl (C=O) groups excluding carboxylic acids is 3. The SMILES string of the molecule is O=C(OC(=O)OC(C(=O)O)C(O)C(=O)O)OC(=O)OC(C(=O)O)C(O)C(=O)O. The minimum Gasteiger partial charge on any atom is -0.479 e. The van der Waals surface area contributed by atoms with Crippen LogP contribution in [-0.2, 0) is 38.1 Å². The Balaban J connectivity index is 4.82. The van der Waals surface area contributed by atoms with Crippen molar-refractivity contribution in [3.05, 3.63) is 0 Å². The van der Waals surface area contributed by atoms with Gasteiger partial charge in [0.1, 0.15) is 0 Å². The molecule has 0 aliphatic heterocycles. The van der Waals surface area contributed by atoms with E-state index in [-0.39, 0.29) is 0 Å². The number of carbonyl (C=O) groups is 7. The number of hydrogen-bond donors (Lipinski definition) is 6. The fraction of sp³-hybridized carbons (Fsp3) is 0.364. The lowest BCUT2D eigenvalue weighted by Gasteiger charge is -2.16. The summed E-state index contributed by atoms with van der Waals surface area (Å²) >= 11 is 0. The van der Waals surface area contributed by atoms with Crippen molar-refractivity contribution in [1.82, 2.24) is 0 Å². The Morgan fingerprint density at radius 1 is 0.500 bits per heavy atom. The fourth-order valence-electron chi connectivity index (χ4n) is 1.17. The molecule has 0 heterocycles. The highest BCUT2D eigenvalue weighted by Crippen LogP contribution is 2.06. The number of aliphatic carboxylic acids is 4. The summed E-state index contributed by atoms with van der Waals surface area (Å²) in [5, 5.41) is 52.0. The molecule has 4 unspecified atom stereocenters. The number of ether oxygens (including phenoxy) is 4. The van der Waals surface area contributed by atoms with Gasteiger partial charge in [0.2, 0.25) is 12.2 Å². The second-order valence-corrected chi connectivity index (χ2v) is 4.27. The Labute approximate surface area is 151 Å². The van der Waals surface area contributed by atoms with Gasteiger partial charge in [-0.15, -0.1) is 0 Å². The molecule has 17 nitrogen and oxygen atoms in total. The zero-order valence-corrected chi connectivity index (χ0v) is 13.0. The van der Waals surface area contributed by atoms with Gasteiger partial charge >= 0.3 is 42.3 Å². The van der Waals surface area contributed by atoms with Crippen LogP contribution in [0.3, 0.4) is 0 Å². The van der Waals surface area contributed by atoms with Crippen LogP contribution in [-0.4, -0.2) is 97.4 Å². The molecule has 0 aromatic rings. The van der Waals surface area contributed by atoms with E-state index >= 15 is 0 Å². The third-order valence-corrected chi connectivity index (χ3v) is 2.35. The zero-order valence-electron chi connectivity index (χ0n) is 13.0. The van der Waals surface area contributed by atoms with Gasteiger partial charge in [-0.3, -0.25) is 0 Å². The molecular formula is C11H10O17. The molecule has 0 spiro atoms. The summed E-state index contributed by atoms with van der Waals surface area (Å²) in [4.78, 5) is 75.6. The van der Waals surface area contributed by atoms with Crippen LogP contribution >= 0.6 is 0 Å². The lowest BCUT2D eigenvalue weighted by Crippen LogP contribution is -2.44. The van der Waals surface area contributed by atoms with Gasteiger partial charge in [0, 0.05) is 0 Å². The summed E-state index contributed by atoms with van der Waals surface area (Å²) < 4.78 is 14.8. The minimum absolute atomic E-state index is 2.12. The third-order valence-electron chi connectivity index (χ3n) is 2.35. The van der Waals surface area contributed by atoms with Gasteiger partial charge in [-0.2, -0.15) is 0 Å². The molecule has 0 aliphatic carbocycles. The highest BCUT2D eigenvalue weighted by atomic mass is 16.9. The molecule has 6 N–H and O–H groups in total. The van der Waals surface area contributed by atoms with Crippen molar-refractivity contribution < 1.29 is 83.1 Å². The van der Waals surface area contributed by atoms with Crippen LogP contribution in [0.25, 0.3) is 0 Å². The molecule has 0 aliphatic rings. The Morgan fingerprint density at radius 2 is 0.786 bits per heavy atom. The molecule has 0 aromatic heterocycles. The van der Waals surface area contributed by atoms with E-state index in [1.165, 1.54) is 0 Å². The number of aliphatic hydroxyl groups excluding tert-OH is 2. The van der Waals surface area contributed by atoms with Crippen molar-refractivity contribution in [2.75, 3.05) is 0 Å². The monoisotopic (exact) mass is 414 g/mol. The van der Waals surface area contributed by atoms with E-state index in [9.17, 15) is 33.6 Å². The van der Waals surface area contributed by atoms with E-state index in [1.807, 2.05) is 0 Å². The van der Waals surface area contributed by atoms with Crippen molar-refractivity contribution in [3.8, 4) is 0 Å². The van der Waals surface area contributed by atoms with Crippen molar-refractivity contribution in [2.45, 2.75) is 24.4 Å². The van der Waals surface area contributed by atoms with E-state index < -0.39 is 66.8 Å². The van der Waals surface area contributed by atoms with Gasteiger partial charge in [0.25, 0.3) is 0 Å². The second kappa shape index (κ2) is 10.2. The zero-order chi connectivity index (χ0) is 22.2. The van der Waals surface area contributed by atoms with Gasteiger partial charge in [-0.25, -0.2) is 33.6 Å². The maximum atomic E-state index is 11.1. The smallest absolute Gasteiger partial charge is 0.479 e. The van der Waals surface area contributed by atoms with Crippen LogP contribution in [0.2, 0.25) is 0 Å². The molecule has 0 saturated carbocycles. The van der Waals surface area contributed by atoms with Crippen molar-refractivity contribution >= 4 is 42.3 Å². The maximum Gasteiger partial charge on any atom is 0.528 e. The van der Waals surface area contributed by atoms with Crippen LogP contribution in [0.15, 0.2) is 0 Å². The number of carboxylic acids is 4. The lowest BCUT2D eigenvalue weighted by atomic mass is 10.2. The molecule has 156 valence electrons. The summed E-state index contributed by atoms with van der Waals surface area (Å²) in [6.07, 6.45) is -17.8. The Morgan fingerprint density at radius 3 is 1.00 bits per heavy atom. The largest absolute Gasteiger partial charge is 0.528 e. The average Bonchev–Trinajstić information content (AvgIpc) is 2.55. The van der Waals surface area contributed by atoms with Gasteiger partial charge < -0.3 is 49.6 Å². The maximum absolute atomic E-state index is 11.1. The summed E-state index contributed by atoms with van der Waals surface area (Å²) in [5.41, 5.74) is 0. The quantitative estimate of drug-likeness (QED) is 0.173. The number of rotatable bonds is 8. The topological polar surface area (TPSA) is 278 Å². The standard InChI is InChI=1S/C11H10O17/c12-1(5(14)15)3(7(18)19)25-9(22)27-11(24)28-10(23)26-4(8(20)21)2(13)6(16)17/h1-4,12-13H,(H,14,15)(H,16,17)(H,18,19)(H,20,21). The Hall–Kier alpha value is -3.99. The predicted molar refractivity (Wildman–Crippen MR) is 70.7 cm³/mol. The summed E-state index contributed by atoms with van der Waals surface area (Å²) in [5.74, 6) is -8.57. The number of aliphatic hydroxyl groups is 2. The van der Waals surface area contributed by atoms with Gasteiger partial charge in [0.05, 0.1) is 0 Å². The van der Waals surface area contributed by atoms with Gasteiger partial charge in [0.15, 0.2) is 12.2 Å². The van der Waals surface area contributed by atoms with Crippen molar-refractivity contribution in [3.63, 3.8) is 0 Å². The molecule has 0 fully saturated rings. The van der Waals surface area contributed by atoms with E-state index in [0.717, 1.165) is 0 Å². The molecule has 4 atom stereocenters. The van der Waals surface area contributed by atoms with Crippen LogP contribution in [0.1, 0.15) is 0 Å². The van der Waals surface area contributed by atoms with Crippen LogP contribution < -0.4 is 0 Å². The van der Waals surface area contributed by atoms with Crippen LogP contribution in [0.4, 0.5) is 14.4 Å². The van der Waals surface area contributed by atoms with Gasteiger partial charge in [-0.1, -0.05) is 0 Å². The van der Waals surface area contributed by atoms with E-state index in [2.05, 4.69) is 18.9 Å². The van der Waals surface area contributed by atoms with Crippen LogP contribution in [0.5, 0.6) is 0 Å². The first-order valence-corrected chi connectivity index (χ1v) is 6.36. The molecule has 0 amide bonds. The van der Waals surface area contributed by atoms with Crippen molar-refractivity contribution in [2.24, 2.45) is 0 Å². The average molecular weight is 414 g/mol. The Bertz CT molecular complexity index is 623. The molecule has 0 saturated heterocycles. The highest BCUT2D eigenvalue weighted by molar-refractivity contribution is 5.89. The number of carboxylic acid groups (broad SMARTS) is 4. The predicted octanol–water partition coefficient (Wildman–Crippen LogP) is -2.79. The minimum atomic E-state index is -2.76. The van der Waals surface area contributed by atoms with E-state index in [0.29, 0.717) is 0 Å². The summed E-state index contributed by atoms with van der Waals surface area (Å²) in [6, 6.07) is 0. The molecule has 0 radical (unpaired) electrons. The third kappa shape index (κ3) is 7.49. The highest BCUT2D eigenvalue weighted by Gasteiger charge is 2.38. The second-order valence-electron chi connectivity index (χ2n) is 4.27. The summed E-state index contributed by atoms with van der Waals surface area (Å²) in [7, 11) is 0. The van der Waals surface area contributed by atoms with E-state index in [1.54, 1.807) is 0 Å². The molecule has 0 bridgehead atoms. The molecule has 17 heteroatoms. The van der Waals surface area contributed by atoms with Crippen molar-refractivity contribution in [1.29, 1.82) is 0 Å².